The normalized spacial score (nSPS) is 9.18. The van der Waals surface area contributed by atoms with E-state index in [1.54, 1.807) is 30.3 Å². The topological polar surface area (TPSA) is 94.8 Å². The molecule has 2 aromatic carbocycles. The Bertz CT molecular complexity index is 548. The average molecular weight is 234 g/mol. The highest BCUT2D eigenvalue weighted by Gasteiger charge is 2.07. The van der Waals surface area contributed by atoms with Crippen molar-refractivity contribution in [2.45, 2.75) is 0 Å². The lowest BCUT2D eigenvalue weighted by molar-refractivity contribution is -0.122. The second kappa shape index (κ2) is 5.50. The SMILES string of the molecule is O=C(O)c1cccc2cc(O)ccc12.O=CO. The van der Waals surface area contributed by atoms with E-state index in [4.69, 9.17) is 15.0 Å². The molecule has 0 aliphatic carbocycles. The number of carboxylic acid groups (broad SMARTS) is 2. The smallest absolute Gasteiger partial charge is 0.336 e. The molecule has 0 amide bonds. The molecule has 5 heteroatoms. The molecule has 5 nitrogen and oxygen atoms in total. The van der Waals surface area contributed by atoms with Gasteiger partial charge in [0.25, 0.3) is 6.47 Å². The van der Waals surface area contributed by atoms with Gasteiger partial charge in [0.1, 0.15) is 5.75 Å². The first kappa shape index (κ1) is 12.5. The zero-order chi connectivity index (χ0) is 12.8. The van der Waals surface area contributed by atoms with Crippen LogP contribution in [0.4, 0.5) is 0 Å². The molecule has 88 valence electrons. The Morgan fingerprint density at radius 1 is 1.18 bits per heavy atom. The van der Waals surface area contributed by atoms with Crippen molar-refractivity contribution in [2.24, 2.45) is 0 Å². The van der Waals surface area contributed by atoms with Crippen molar-refractivity contribution in [2.75, 3.05) is 0 Å². The molecule has 0 spiro atoms. The first-order chi connectivity index (χ1) is 8.10. The van der Waals surface area contributed by atoms with Gasteiger partial charge in [-0.2, -0.15) is 0 Å². The molecular weight excluding hydrogens is 224 g/mol. The summed E-state index contributed by atoms with van der Waals surface area (Å²) in [7, 11) is 0. The Labute approximate surface area is 96.6 Å². The molecule has 0 fully saturated rings. The predicted molar refractivity (Wildman–Crippen MR) is 61.3 cm³/mol. The summed E-state index contributed by atoms with van der Waals surface area (Å²) < 4.78 is 0. The van der Waals surface area contributed by atoms with Crippen LogP contribution in [0.1, 0.15) is 10.4 Å². The summed E-state index contributed by atoms with van der Waals surface area (Å²) in [6.07, 6.45) is 0. The maximum atomic E-state index is 10.8. The number of benzene rings is 2. The lowest BCUT2D eigenvalue weighted by Gasteiger charge is -2.02. The Balaban J connectivity index is 0.000000437. The molecule has 0 saturated heterocycles. The van der Waals surface area contributed by atoms with Crippen LogP contribution in [0.5, 0.6) is 5.75 Å². The van der Waals surface area contributed by atoms with Crippen molar-refractivity contribution in [3.8, 4) is 5.75 Å². The third-order valence-electron chi connectivity index (χ3n) is 2.09. The summed E-state index contributed by atoms with van der Waals surface area (Å²) >= 11 is 0. The van der Waals surface area contributed by atoms with Crippen molar-refractivity contribution in [1.29, 1.82) is 0 Å². The van der Waals surface area contributed by atoms with Gasteiger partial charge in [-0.25, -0.2) is 4.79 Å². The van der Waals surface area contributed by atoms with Crippen LogP contribution >= 0.6 is 0 Å². The Kier molecular flexibility index (Phi) is 4.05. The quantitative estimate of drug-likeness (QED) is 0.655. The van der Waals surface area contributed by atoms with Crippen LogP contribution in [0.25, 0.3) is 10.8 Å². The van der Waals surface area contributed by atoms with Crippen LogP contribution < -0.4 is 0 Å². The first-order valence-electron chi connectivity index (χ1n) is 4.63. The molecule has 17 heavy (non-hydrogen) atoms. The number of aromatic carboxylic acids is 1. The van der Waals surface area contributed by atoms with Gasteiger partial charge in [0, 0.05) is 0 Å². The minimum atomic E-state index is -0.957. The molecule has 0 heterocycles. The van der Waals surface area contributed by atoms with Crippen molar-refractivity contribution in [1.82, 2.24) is 0 Å². The van der Waals surface area contributed by atoms with E-state index in [-0.39, 0.29) is 17.8 Å². The van der Waals surface area contributed by atoms with Gasteiger partial charge in [0.05, 0.1) is 5.56 Å². The number of carbonyl (C=O) groups is 2. The molecule has 3 N–H and O–H groups in total. The van der Waals surface area contributed by atoms with E-state index in [9.17, 15) is 9.90 Å². The highest BCUT2D eigenvalue weighted by Crippen LogP contribution is 2.22. The van der Waals surface area contributed by atoms with Gasteiger partial charge in [-0.15, -0.1) is 0 Å². The third kappa shape index (κ3) is 2.94. The summed E-state index contributed by atoms with van der Waals surface area (Å²) in [5, 5.41) is 26.4. The fraction of sp³-hybridized carbons (Fsp3) is 0. The van der Waals surface area contributed by atoms with E-state index in [0.29, 0.717) is 5.39 Å². The minimum absolute atomic E-state index is 0.139. The number of rotatable bonds is 1. The lowest BCUT2D eigenvalue weighted by atomic mass is 10.0. The zero-order valence-corrected chi connectivity index (χ0v) is 8.70. The molecule has 0 aliphatic rings. The third-order valence-corrected chi connectivity index (χ3v) is 2.09. The number of fused-ring (bicyclic) bond motifs is 1. The molecule has 0 unspecified atom stereocenters. The summed E-state index contributed by atoms with van der Waals surface area (Å²) in [6.45, 7) is -0.250. The van der Waals surface area contributed by atoms with Crippen molar-refractivity contribution in [3.63, 3.8) is 0 Å². The van der Waals surface area contributed by atoms with Gasteiger partial charge >= 0.3 is 5.97 Å². The Hall–Kier alpha value is -2.56. The lowest BCUT2D eigenvalue weighted by Crippen LogP contribution is -1.96. The summed E-state index contributed by atoms with van der Waals surface area (Å²) in [4.78, 5) is 19.2. The highest BCUT2D eigenvalue weighted by molar-refractivity contribution is 6.03. The molecular formula is C12H10O5. The van der Waals surface area contributed by atoms with Crippen LogP contribution in [0.3, 0.4) is 0 Å². The van der Waals surface area contributed by atoms with Crippen molar-refractivity contribution in [3.05, 3.63) is 42.0 Å². The molecule has 2 rings (SSSR count). The Morgan fingerprint density at radius 2 is 1.82 bits per heavy atom. The molecule has 0 bridgehead atoms. The fourth-order valence-electron chi connectivity index (χ4n) is 1.46. The van der Waals surface area contributed by atoms with E-state index in [0.717, 1.165) is 5.39 Å². The highest BCUT2D eigenvalue weighted by atomic mass is 16.4. The van der Waals surface area contributed by atoms with E-state index >= 15 is 0 Å². The number of phenolic OH excluding ortho intramolecular Hbond substituents is 1. The van der Waals surface area contributed by atoms with Crippen LogP contribution in [0, 0.1) is 0 Å². The second-order valence-electron chi connectivity index (χ2n) is 3.12. The van der Waals surface area contributed by atoms with Gasteiger partial charge in [-0.05, 0) is 35.0 Å². The fourth-order valence-corrected chi connectivity index (χ4v) is 1.46. The zero-order valence-electron chi connectivity index (χ0n) is 8.70. The number of aromatic hydroxyl groups is 1. The van der Waals surface area contributed by atoms with Crippen LogP contribution in [-0.4, -0.2) is 27.8 Å². The maximum Gasteiger partial charge on any atom is 0.336 e. The first-order valence-corrected chi connectivity index (χ1v) is 4.63. The van der Waals surface area contributed by atoms with E-state index < -0.39 is 5.97 Å². The monoisotopic (exact) mass is 234 g/mol. The maximum absolute atomic E-state index is 10.8. The summed E-state index contributed by atoms with van der Waals surface area (Å²) in [5.41, 5.74) is 0.252. The van der Waals surface area contributed by atoms with E-state index in [2.05, 4.69) is 0 Å². The number of hydrogen-bond acceptors (Lipinski definition) is 3. The predicted octanol–water partition coefficient (Wildman–Crippen LogP) is 1.94. The van der Waals surface area contributed by atoms with Crippen LogP contribution in [-0.2, 0) is 4.79 Å². The van der Waals surface area contributed by atoms with Gasteiger partial charge in [-0.1, -0.05) is 12.1 Å². The van der Waals surface area contributed by atoms with Crippen LogP contribution in [0.15, 0.2) is 36.4 Å². The Morgan fingerprint density at radius 3 is 2.41 bits per heavy atom. The largest absolute Gasteiger partial charge is 0.508 e. The standard InChI is InChI=1S/C11H8O3.CH2O2/c12-8-4-5-9-7(6-8)2-1-3-10(9)11(13)14;2-1-3/h1-6,12H,(H,13,14);1H,(H,2,3). The van der Waals surface area contributed by atoms with E-state index in [1.807, 2.05) is 0 Å². The van der Waals surface area contributed by atoms with Crippen molar-refractivity contribution < 1.29 is 24.9 Å². The van der Waals surface area contributed by atoms with Crippen LogP contribution in [0.2, 0.25) is 0 Å². The average Bonchev–Trinajstić information content (AvgIpc) is 2.28. The second-order valence-corrected chi connectivity index (χ2v) is 3.12. The number of hydrogen-bond donors (Lipinski definition) is 3. The number of carboxylic acids is 1. The van der Waals surface area contributed by atoms with Gasteiger partial charge in [-0.3, -0.25) is 4.79 Å². The van der Waals surface area contributed by atoms with Gasteiger partial charge in [0.2, 0.25) is 0 Å². The summed E-state index contributed by atoms with van der Waals surface area (Å²) in [5.74, 6) is -0.818. The van der Waals surface area contributed by atoms with Gasteiger partial charge in [0.15, 0.2) is 0 Å². The molecule has 0 aliphatic heterocycles. The van der Waals surface area contributed by atoms with Gasteiger partial charge < -0.3 is 15.3 Å². The van der Waals surface area contributed by atoms with E-state index in [1.165, 1.54) is 6.07 Å². The number of phenols is 1. The molecule has 2 aromatic rings. The summed E-state index contributed by atoms with van der Waals surface area (Å²) in [6, 6.07) is 9.60. The minimum Gasteiger partial charge on any atom is -0.508 e. The van der Waals surface area contributed by atoms with Crippen molar-refractivity contribution >= 4 is 23.2 Å². The molecule has 0 radical (unpaired) electrons. The molecule has 0 aromatic heterocycles. The molecule has 0 atom stereocenters. The molecule has 0 saturated carbocycles.